The molecule has 0 bridgehead atoms. The Balaban J connectivity index is 1.69. The van der Waals surface area contributed by atoms with Crippen molar-refractivity contribution in [2.24, 2.45) is 0 Å². The highest BCUT2D eigenvalue weighted by Gasteiger charge is 2.16. The average Bonchev–Trinajstić information content (AvgIpc) is 3.08. The van der Waals surface area contributed by atoms with Gasteiger partial charge in [0.25, 0.3) is 0 Å². The van der Waals surface area contributed by atoms with Crippen LogP contribution < -0.4 is 4.74 Å². The van der Waals surface area contributed by atoms with Gasteiger partial charge in [-0.15, -0.1) is 5.10 Å². The van der Waals surface area contributed by atoms with Crippen molar-refractivity contribution in [3.63, 3.8) is 0 Å². The third kappa shape index (κ3) is 4.60. The summed E-state index contributed by atoms with van der Waals surface area (Å²) in [4.78, 5) is 0. The summed E-state index contributed by atoms with van der Waals surface area (Å²) < 4.78 is 13.7. The van der Waals surface area contributed by atoms with Gasteiger partial charge in [0.05, 0.1) is 24.9 Å². The van der Waals surface area contributed by atoms with Gasteiger partial charge >= 0.3 is 0 Å². The van der Waals surface area contributed by atoms with E-state index >= 15 is 0 Å². The lowest BCUT2D eigenvalue weighted by Gasteiger charge is -2.21. The number of rotatable bonds is 7. The number of aromatic nitrogens is 3. The number of hydrogen-bond acceptors (Lipinski definition) is 4. The Morgan fingerprint density at radius 1 is 1.28 bits per heavy atom. The fourth-order valence-electron chi connectivity index (χ4n) is 3.32. The third-order valence-corrected chi connectivity index (χ3v) is 4.89. The van der Waals surface area contributed by atoms with Crippen LogP contribution in [-0.4, -0.2) is 33.8 Å². The van der Waals surface area contributed by atoms with E-state index in [1.54, 1.807) is 0 Å². The molecule has 1 fully saturated rings. The maximum atomic E-state index is 6.03. The Hall–Kier alpha value is -1.88. The number of benzene rings is 1. The van der Waals surface area contributed by atoms with Gasteiger partial charge in [-0.1, -0.05) is 19.1 Å². The molecule has 2 aromatic rings. The summed E-state index contributed by atoms with van der Waals surface area (Å²) in [6, 6.07) is 6.21. The SMILES string of the molecule is CCC(CC)Oc1ccc(-c2cn(CC3CCCCO3)nn2)c(C)c1. The van der Waals surface area contributed by atoms with Gasteiger partial charge in [0.2, 0.25) is 0 Å². The van der Waals surface area contributed by atoms with Crippen LogP contribution in [0.1, 0.15) is 51.5 Å². The van der Waals surface area contributed by atoms with E-state index in [9.17, 15) is 0 Å². The minimum atomic E-state index is 0.264. The minimum absolute atomic E-state index is 0.264. The molecule has 2 heterocycles. The van der Waals surface area contributed by atoms with Crippen molar-refractivity contribution in [1.82, 2.24) is 15.0 Å². The molecule has 0 spiro atoms. The summed E-state index contributed by atoms with van der Waals surface area (Å²) in [5.41, 5.74) is 3.17. The minimum Gasteiger partial charge on any atom is -0.490 e. The Morgan fingerprint density at radius 3 is 2.80 bits per heavy atom. The van der Waals surface area contributed by atoms with Crippen LogP contribution >= 0.6 is 0 Å². The van der Waals surface area contributed by atoms with Crippen LogP contribution in [0.25, 0.3) is 11.3 Å². The summed E-state index contributed by atoms with van der Waals surface area (Å²) in [6.07, 6.45) is 8.12. The van der Waals surface area contributed by atoms with E-state index < -0.39 is 0 Å². The van der Waals surface area contributed by atoms with Crippen molar-refractivity contribution in [3.8, 4) is 17.0 Å². The Labute approximate surface area is 150 Å². The van der Waals surface area contributed by atoms with E-state index in [4.69, 9.17) is 9.47 Å². The van der Waals surface area contributed by atoms with E-state index in [1.807, 2.05) is 16.9 Å². The molecule has 3 rings (SSSR count). The maximum Gasteiger partial charge on any atom is 0.120 e. The summed E-state index contributed by atoms with van der Waals surface area (Å²) in [5, 5.41) is 8.63. The molecule has 25 heavy (non-hydrogen) atoms. The molecule has 1 aliphatic rings. The second-order valence-corrected chi connectivity index (χ2v) is 6.85. The van der Waals surface area contributed by atoms with Crippen molar-refractivity contribution < 1.29 is 9.47 Å². The van der Waals surface area contributed by atoms with Crippen LogP contribution in [0.5, 0.6) is 5.75 Å². The van der Waals surface area contributed by atoms with Gasteiger partial charge in [-0.2, -0.15) is 0 Å². The second kappa shape index (κ2) is 8.48. The lowest BCUT2D eigenvalue weighted by molar-refractivity contribution is 0.00370. The molecule has 1 aromatic heterocycles. The van der Waals surface area contributed by atoms with Crippen LogP contribution in [0.3, 0.4) is 0 Å². The number of hydrogen-bond donors (Lipinski definition) is 0. The lowest BCUT2D eigenvalue weighted by atomic mass is 10.1. The normalized spacial score (nSPS) is 17.8. The first kappa shape index (κ1) is 17.9. The highest BCUT2D eigenvalue weighted by molar-refractivity contribution is 5.63. The second-order valence-electron chi connectivity index (χ2n) is 6.85. The maximum absolute atomic E-state index is 6.03. The first-order valence-corrected chi connectivity index (χ1v) is 9.49. The standard InChI is InChI=1S/C20H29N3O2/c1-4-16(5-2)25-17-9-10-19(15(3)12-17)20-14-23(22-21-20)13-18-8-6-7-11-24-18/h9-10,12,14,16,18H,4-8,11,13H2,1-3H3. The predicted octanol–water partition coefficient (Wildman–Crippen LogP) is 4.39. The molecule has 136 valence electrons. The summed E-state index contributed by atoms with van der Waals surface area (Å²) in [6.45, 7) is 8.05. The molecular formula is C20H29N3O2. The first-order valence-electron chi connectivity index (χ1n) is 9.49. The summed E-state index contributed by atoms with van der Waals surface area (Å²) in [7, 11) is 0. The predicted molar refractivity (Wildman–Crippen MR) is 98.8 cm³/mol. The molecule has 0 N–H and O–H groups in total. The van der Waals surface area contributed by atoms with Crippen LogP contribution in [-0.2, 0) is 11.3 Å². The molecular weight excluding hydrogens is 314 g/mol. The van der Waals surface area contributed by atoms with Crippen LogP contribution in [0.4, 0.5) is 0 Å². The van der Waals surface area contributed by atoms with Crippen LogP contribution in [0.15, 0.2) is 24.4 Å². The molecule has 0 aliphatic carbocycles. The molecule has 0 radical (unpaired) electrons. The average molecular weight is 343 g/mol. The molecule has 0 amide bonds. The Morgan fingerprint density at radius 2 is 2.12 bits per heavy atom. The molecule has 1 aliphatic heterocycles. The highest BCUT2D eigenvalue weighted by Crippen LogP contribution is 2.26. The van der Waals surface area contributed by atoms with Crippen molar-refractivity contribution in [2.75, 3.05) is 6.61 Å². The van der Waals surface area contributed by atoms with E-state index in [0.29, 0.717) is 0 Å². The molecule has 0 saturated carbocycles. The van der Waals surface area contributed by atoms with Gasteiger partial charge in [-0.25, -0.2) is 4.68 Å². The number of nitrogens with zero attached hydrogens (tertiary/aromatic N) is 3. The van der Waals surface area contributed by atoms with Crippen molar-refractivity contribution >= 4 is 0 Å². The zero-order chi connectivity index (χ0) is 17.6. The van der Waals surface area contributed by atoms with Crippen molar-refractivity contribution in [1.29, 1.82) is 0 Å². The van der Waals surface area contributed by atoms with Crippen LogP contribution in [0, 0.1) is 6.92 Å². The zero-order valence-corrected chi connectivity index (χ0v) is 15.6. The quantitative estimate of drug-likeness (QED) is 0.748. The van der Waals surface area contributed by atoms with Crippen LogP contribution in [0.2, 0.25) is 0 Å². The Bertz CT molecular complexity index is 673. The lowest BCUT2D eigenvalue weighted by Crippen LogP contribution is -2.24. The molecule has 5 heteroatoms. The molecule has 1 aromatic carbocycles. The van der Waals surface area contributed by atoms with E-state index in [-0.39, 0.29) is 12.2 Å². The summed E-state index contributed by atoms with van der Waals surface area (Å²) in [5.74, 6) is 0.929. The number of ether oxygens (including phenoxy) is 2. The van der Waals surface area contributed by atoms with Gasteiger partial charge in [-0.3, -0.25) is 0 Å². The van der Waals surface area contributed by atoms with Crippen molar-refractivity contribution in [3.05, 3.63) is 30.0 Å². The molecule has 5 nitrogen and oxygen atoms in total. The van der Waals surface area contributed by atoms with Gasteiger partial charge in [-0.05, 0) is 62.8 Å². The van der Waals surface area contributed by atoms with Crippen molar-refractivity contribution in [2.45, 2.75) is 71.6 Å². The fraction of sp³-hybridized carbons (Fsp3) is 0.600. The number of aryl methyl sites for hydroxylation is 1. The Kier molecular flexibility index (Phi) is 6.08. The molecule has 1 unspecified atom stereocenters. The van der Waals surface area contributed by atoms with Gasteiger partial charge < -0.3 is 9.47 Å². The smallest absolute Gasteiger partial charge is 0.120 e. The fourth-order valence-corrected chi connectivity index (χ4v) is 3.32. The third-order valence-electron chi connectivity index (χ3n) is 4.89. The summed E-state index contributed by atoms with van der Waals surface area (Å²) >= 11 is 0. The zero-order valence-electron chi connectivity index (χ0n) is 15.6. The van der Waals surface area contributed by atoms with E-state index in [1.165, 1.54) is 12.8 Å². The van der Waals surface area contributed by atoms with E-state index in [2.05, 4.69) is 43.2 Å². The molecule has 1 atom stereocenters. The molecule has 1 saturated heterocycles. The monoisotopic (exact) mass is 343 g/mol. The topological polar surface area (TPSA) is 49.2 Å². The van der Waals surface area contributed by atoms with Gasteiger partial charge in [0.1, 0.15) is 11.4 Å². The van der Waals surface area contributed by atoms with E-state index in [0.717, 1.165) is 55.0 Å². The van der Waals surface area contributed by atoms with Gasteiger partial charge in [0, 0.05) is 12.2 Å². The van der Waals surface area contributed by atoms with Gasteiger partial charge in [0.15, 0.2) is 0 Å². The first-order chi connectivity index (χ1) is 12.2. The highest BCUT2D eigenvalue weighted by atomic mass is 16.5. The largest absolute Gasteiger partial charge is 0.490 e.